The number of ether oxygens (including phenoxy) is 1. The molecule has 140 valence electrons. The number of hydrogen-bond donors (Lipinski definition) is 0. The first-order valence-corrected chi connectivity index (χ1v) is 10.1. The van der Waals surface area contributed by atoms with Gasteiger partial charge in [0.05, 0.1) is 17.9 Å². The molecule has 1 saturated heterocycles. The first kappa shape index (κ1) is 19.9. The Bertz CT molecular complexity index is 731. The second-order valence-corrected chi connectivity index (χ2v) is 9.77. The van der Waals surface area contributed by atoms with Crippen LogP contribution >= 0.6 is 0 Å². The van der Waals surface area contributed by atoms with Crippen LogP contribution in [0.25, 0.3) is 0 Å². The van der Waals surface area contributed by atoms with Crippen LogP contribution < -0.4 is 0 Å². The van der Waals surface area contributed by atoms with Crippen molar-refractivity contribution in [2.24, 2.45) is 5.92 Å². The molecule has 1 heterocycles. The number of rotatable bonds is 3. The Hall–Kier alpha value is -1.40. The maximum Gasteiger partial charge on any atom is 0.308 e. The molecule has 2 rings (SSSR count). The zero-order valence-electron chi connectivity index (χ0n) is 16.0. The van der Waals surface area contributed by atoms with E-state index in [1.54, 1.807) is 0 Å². The number of aryl methyl sites for hydroxylation is 2. The number of esters is 1. The van der Waals surface area contributed by atoms with Crippen LogP contribution in [0.15, 0.2) is 17.0 Å². The van der Waals surface area contributed by atoms with E-state index in [1.165, 1.54) is 11.4 Å². The smallest absolute Gasteiger partial charge is 0.308 e. The number of piperidine rings is 1. The molecule has 25 heavy (non-hydrogen) atoms. The van der Waals surface area contributed by atoms with Gasteiger partial charge in [0.25, 0.3) is 0 Å². The molecule has 0 unspecified atom stereocenters. The van der Waals surface area contributed by atoms with Crippen molar-refractivity contribution in [2.75, 3.05) is 20.2 Å². The molecule has 1 fully saturated rings. The van der Waals surface area contributed by atoms with Crippen LogP contribution in [-0.4, -0.2) is 38.9 Å². The van der Waals surface area contributed by atoms with Crippen LogP contribution in [0.2, 0.25) is 0 Å². The Labute approximate surface area is 151 Å². The Morgan fingerprint density at radius 2 is 1.60 bits per heavy atom. The summed E-state index contributed by atoms with van der Waals surface area (Å²) in [5, 5.41) is 0. The molecule has 0 amide bonds. The van der Waals surface area contributed by atoms with Crippen LogP contribution in [0.4, 0.5) is 0 Å². The summed E-state index contributed by atoms with van der Waals surface area (Å²) in [6.45, 7) is 10.8. The zero-order valence-corrected chi connectivity index (χ0v) is 16.9. The summed E-state index contributed by atoms with van der Waals surface area (Å²) < 4.78 is 32.6. The van der Waals surface area contributed by atoms with Crippen molar-refractivity contribution in [2.45, 2.75) is 57.8 Å². The third-order valence-corrected chi connectivity index (χ3v) is 7.12. The van der Waals surface area contributed by atoms with E-state index >= 15 is 0 Å². The topological polar surface area (TPSA) is 63.7 Å². The molecule has 0 spiro atoms. The fourth-order valence-electron chi connectivity index (χ4n) is 3.42. The van der Waals surface area contributed by atoms with Crippen molar-refractivity contribution >= 4 is 16.0 Å². The third kappa shape index (κ3) is 4.06. The summed E-state index contributed by atoms with van der Waals surface area (Å²) in [7, 11) is -2.19. The van der Waals surface area contributed by atoms with Crippen molar-refractivity contribution in [1.82, 2.24) is 4.31 Å². The second kappa shape index (κ2) is 7.08. The van der Waals surface area contributed by atoms with Gasteiger partial charge in [-0.15, -0.1) is 0 Å². The van der Waals surface area contributed by atoms with Crippen molar-refractivity contribution in [3.63, 3.8) is 0 Å². The number of carbonyl (C=O) groups is 1. The summed E-state index contributed by atoms with van der Waals surface area (Å²) in [6.07, 6.45) is 1.01. The maximum absolute atomic E-state index is 13.1. The Morgan fingerprint density at radius 1 is 1.12 bits per heavy atom. The van der Waals surface area contributed by atoms with Gasteiger partial charge in [-0.1, -0.05) is 32.9 Å². The first-order valence-electron chi connectivity index (χ1n) is 8.68. The number of sulfonamides is 1. The SMILES string of the molecule is COC(=O)C1CCN(S(=O)(=O)c2c(C)cc(C(C)(C)C)cc2C)CC1. The van der Waals surface area contributed by atoms with Crippen LogP contribution in [0.3, 0.4) is 0 Å². The summed E-state index contributed by atoms with van der Waals surface area (Å²) in [5.41, 5.74) is 2.65. The molecule has 5 nitrogen and oxygen atoms in total. The van der Waals surface area contributed by atoms with Gasteiger partial charge >= 0.3 is 5.97 Å². The van der Waals surface area contributed by atoms with Crippen molar-refractivity contribution in [3.05, 3.63) is 28.8 Å². The van der Waals surface area contributed by atoms with Gasteiger partial charge in [-0.2, -0.15) is 4.31 Å². The summed E-state index contributed by atoms with van der Waals surface area (Å²) in [5.74, 6) is -0.458. The van der Waals surface area contributed by atoms with Gasteiger partial charge in [-0.05, 0) is 48.8 Å². The van der Waals surface area contributed by atoms with E-state index in [-0.39, 0.29) is 17.3 Å². The Kier molecular flexibility index (Phi) is 5.64. The van der Waals surface area contributed by atoms with Crippen LogP contribution in [0, 0.1) is 19.8 Å². The van der Waals surface area contributed by atoms with E-state index in [0.29, 0.717) is 30.8 Å². The highest BCUT2D eigenvalue weighted by Gasteiger charge is 2.34. The number of carbonyl (C=O) groups excluding carboxylic acids is 1. The molecule has 1 aliphatic heterocycles. The lowest BCUT2D eigenvalue weighted by molar-refractivity contribution is -0.146. The molecule has 1 aromatic rings. The highest BCUT2D eigenvalue weighted by atomic mass is 32.2. The zero-order chi connectivity index (χ0) is 19.0. The molecular weight excluding hydrogens is 338 g/mol. The van der Waals surface area contributed by atoms with E-state index in [9.17, 15) is 13.2 Å². The van der Waals surface area contributed by atoms with Crippen LogP contribution in [0.5, 0.6) is 0 Å². The molecule has 1 aliphatic rings. The van der Waals surface area contributed by atoms with E-state index in [2.05, 4.69) is 20.8 Å². The molecule has 0 atom stereocenters. The predicted octanol–water partition coefficient (Wildman–Crippen LogP) is 3.17. The second-order valence-electron chi connectivity index (χ2n) is 7.89. The lowest BCUT2D eigenvalue weighted by Crippen LogP contribution is -2.41. The maximum atomic E-state index is 13.1. The fourth-order valence-corrected chi connectivity index (χ4v) is 5.30. The lowest BCUT2D eigenvalue weighted by atomic mass is 9.85. The van der Waals surface area contributed by atoms with Crippen molar-refractivity contribution < 1.29 is 17.9 Å². The van der Waals surface area contributed by atoms with Gasteiger partial charge in [-0.25, -0.2) is 8.42 Å². The monoisotopic (exact) mass is 367 g/mol. The fraction of sp³-hybridized carbons (Fsp3) is 0.632. The normalized spacial score (nSPS) is 17.5. The van der Waals surface area contributed by atoms with E-state index in [0.717, 1.165) is 16.7 Å². The molecule has 1 aromatic carbocycles. The molecule has 0 saturated carbocycles. The number of methoxy groups -OCH3 is 1. The number of nitrogens with zero attached hydrogens (tertiary/aromatic N) is 1. The minimum Gasteiger partial charge on any atom is -0.469 e. The van der Waals surface area contributed by atoms with Crippen molar-refractivity contribution in [3.8, 4) is 0 Å². The molecular formula is C19H29NO4S. The third-order valence-electron chi connectivity index (χ3n) is 4.91. The van der Waals surface area contributed by atoms with Crippen molar-refractivity contribution in [1.29, 1.82) is 0 Å². The number of benzene rings is 1. The molecule has 6 heteroatoms. The molecule has 0 bridgehead atoms. The molecule has 0 radical (unpaired) electrons. The molecule has 0 aliphatic carbocycles. The summed E-state index contributed by atoms with van der Waals surface area (Å²) in [4.78, 5) is 12.0. The van der Waals surface area contributed by atoms with E-state index in [1.807, 2.05) is 26.0 Å². The average molecular weight is 368 g/mol. The van der Waals surface area contributed by atoms with Gasteiger partial charge in [0.2, 0.25) is 10.0 Å². The van der Waals surface area contributed by atoms with Gasteiger partial charge < -0.3 is 4.74 Å². The number of hydrogen-bond acceptors (Lipinski definition) is 4. The van der Waals surface area contributed by atoms with Gasteiger partial charge in [0.1, 0.15) is 0 Å². The molecule has 0 N–H and O–H groups in total. The largest absolute Gasteiger partial charge is 0.469 e. The van der Waals surface area contributed by atoms with Crippen LogP contribution in [0.1, 0.15) is 50.3 Å². The minimum atomic E-state index is -3.56. The Morgan fingerprint density at radius 3 is 2.00 bits per heavy atom. The highest BCUT2D eigenvalue weighted by Crippen LogP contribution is 2.32. The molecule has 0 aromatic heterocycles. The minimum absolute atomic E-state index is 0.0311. The predicted molar refractivity (Wildman–Crippen MR) is 98.1 cm³/mol. The van der Waals surface area contributed by atoms with Gasteiger partial charge in [0.15, 0.2) is 0 Å². The standard InChI is InChI=1S/C19H29NO4S/c1-13-11-16(19(3,4)5)12-14(2)17(13)25(22,23)20-9-7-15(8-10-20)18(21)24-6/h11-12,15H,7-10H2,1-6H3. The highest BCUT2D eigenvalue weighted by molar-refractivity contribution is 7.89. The lowest BCUT2D eigenvalue weighted by Gasteiger charge is -2.31. The quantitative estimate of drug-likeness (QED) is 0.770. The summed E-state index contributed by atoms with van der Waals surface area (Å²) in [6, 6.07) is 3.95. The van der Waals surface area contributed by atoms with E-state index < -0.39 is 10.0 Å². The van der Waals surface area contributed by atoms with Gasteiger partial charge in [-0.3, -0.25) is 4.79 Å². The Balaban J connectivity index is 2.31. The first-order chi connectivity index (χ1) is 11.5. The van der Waals surface area contributed by atoms with Crippen LogP contribution in [-0.2, 0) is 25.0 Å². The van der Waals surface area contributed by atoms with Gasteiger partial charge in [0, 0.05) is 13.1 Å². The average Bonchev–Trinajstić information content (AvgIpc) is 2.52. The van der Waals surface area contributed by atoms with E-state index in [4.69, 9.17) is 4.74 Å². The summed E-state index contributed by atoms with van der Waals surface area (Å²) >= 11 is 0.